The van der Waals surface area contributed by atoms with E-state index in [0.717, 1.165) is 24.3 Å². The van der Waals surface area contributed by atoms with Crippen molar-refractivity contribution >= 4 is 26.7 Å². The summed E-state index contributed by atoms with van der Waals surface area (Å²) in [6.45, 7) is 0.653. The summed E-state index contributed by atoms with van der Waals surface area (Å²) in [6, 6.07) is 4.00. The highest BCUT2D eigenvalue weighted by Crippen LogP contribution is 2.24. The summed E-state index contributed by atoms with van der Waals surface area (Å²) in [6.07, 6.45) is 0.570. The Kier molecular flexibility index (Phi) is 6.58. The Labute approximate surface area is 174 Å². The van der Waals surface area contributed by atoms with E-state index < -0.39 is 22.1 Å². The van der Waals surface area contributed by atoms with Crippen LogP contribution in [0.1, 0.15) is 6.42 Å². The van der Waals surface area contributed by atoms with Crippen molar-refractivity contribution in [3.05, 3.63) is 43.0 Å². The summed E-state index contributed by atoms with van der Waals surface area (Å²) in [7, 11) is -2.04. The Balaban J connectivity index is 1.48. The summed E-state index contributed by atoms with van der Waals surface area (Å²) in [5.41, 5.74) is 0. The maximum absolute atomic E-state index is 12.3. The summed E-state index contributed by atoms with van der Waals surface area (Å²) in [5, 5.41) is 0.668. The molecule has 3 aromatic rings. The van der Waals surface area contributed by atoms with E-state index in [1.807, 2.05) is 11.9 Å². The topological polar surface area (TPSA) is 102 Å². The zero-order valence-corrected chi connectivity index (χ0v) is 17.2. The number of benzene rings is 1. The minimum atomic E-state index is -4.84. The number of nitrogens with one attached hydrogen (secondary N) is 1. The Morgan fingerprint density at radius 3 is 2.63 bits per heavy atom. The molecular weight excluding hydrogens is 445 g/mol. The minimum absolute atomic E-state index is 0.140. The van der Waals surface area contributed by atoms with Crippen LogP contribution in [0.3, 0.4) is 0 Å². The molecule has 0 aliphatic rings. The van der Waals surface area contributed by atoms with Crippen LogP contribution in [0.4, 0.5) is 18.3 Å². The quantitative estimate of drug-likeness (QED) is 0.487. The Morgan fingerprint density at radius 1 is 1.27 bits per heavy atom. The summed E-state index contributed by atoms with van der Waals surface area (Å²) >= 11 is 1.21. The smallest absolute Gasteiger partial charge is 0.406 e. The lowest BCUT2D eigenvalue weighted by atomic mass is 10.3. The van der Waals surface area contributed by atoms with Gasteiger partial charge in [0.15, 0.2) is 0 Å². The third-order valence-corrected chi connectivity index (χ3v) is 6.09. The lowest BCUT2D eigenvalue weighted by Gasteiger charge is -2.15. The average molecular weight is 462 g/mol. The van der Waals surface area contributed by atoms with Crippen molar-refractivity contribution < 1.29 is 26.3 Å². The van der Waals surface area contributed by atoms with Gasteiger partial charge in [0.2, 0.25) is 21.1 Å². The molecule has 0 aliphatic carbocycles. The number of aromatic nitrogens is 4. The van der Waals surface area contributed by atoms with E-state index in [1.165, 1.54) is 11.5 Å². The van der Waals surface area contributed by atoms with Crippen LogP contribution < -0.4 is 14.4 Å². The molecule has 0 unspecified atom stereocenters. The van der Waals surface area contributed by atoms with Gasteiger partial charge in [0.25, 0.3) is 0 Å². The highest BCUT2D eigenvalue weighted by Gasteiger charge is 2.31. The van der Waals surface area contributed by atoms with Gasteiger partial charge in [0, 0.05) is 44.1 Å². The van der Waals surface area contributed by atoms with Crippen molar-refractivity contribution in [2.24, 2.45) is 0 Å². The zero-order valence-electron chi connectivity index (χ0n) is 15.6. The second kappa shape index (κ2) is 8.97. The lowest BCUT2D eigenvalue weighted by Crippen LogP contribution is -2.28. The molecule has 14 heteroatoms. The SMILES string of the molecule is CN(CCCNS(=O)(=O)c1ccc(OC(F)(F)F)cc1)c1nc(-n2ccnc2)ns1. The molecule has 0 spiro atoms. The van der Waals surface area contributed by atoms with E-state index in [4.69, 9.17) is 0 Å². The maximum Gasteiger partial charge on any atom is 0.573 e. The van der Waals surface area contributed by atoms with Crippen molar-refractivity contribution in [1.29, 1.82) is 0 Å². The molecule has 2 heterocycles. The van der Waals surface area contributed by atoms with Gasteiger partial charge >= 0.3 is 6.36 Å². The van der Waals surface area contributed by atoms with Gasteiger partial charge in [-0.2, -0.15) is 9.36 Å². The largest absolute Gasteiger partial charge is 0.573 e. The van der Waals surface area contributed by atoms with E-state index >= 15 is 0 Å². The van der Waals surface area contributed by atoms with Crippen LogP contribution in [0.5, 0.6) is 5.75 Å². The number of rotatable bonds is 9. The van der Waals surface area contributed by atoms with Crippen LogP contribution in [0.2, 0.25) is 0 Å². The Hall–Kier alpha value is -2.71. The normalized spacial score (nSPS) is 12.1. The predicted molar refractivity (Wildman–Crippen MR) is 103 cm³/mol. The molecule has 0 amide bonds. The first-order valence-corrected chi connectivity index (χ1v) is 10.8. The van der Waals surface area contributed by atoms with Crippen molar-refractivity contribution in [2.45, 2.75) is 17.7 Å². The number of nitrogens with zero attached hydrogens (tertiary/aromatic N) is 5. The molecule has 162 valence electrons. The van der Waals surface area contributed by atoms with Gasteiger partial charge in [0.05, 0.1) is 4.90 Å². The Bertz CT molecular complexity index is 1050. The fourth-order valence-electron chi connectivity index (χ4n) is 2.37. The van der Waals surface area contributed by atoms with Gasteiger partial charge in [-0.25, -0.2) is 18.1 Å². The van der Waals surface area contributed by atoms with Gasteiger partial charge in [0.1, 0.15) is 12.1 Å². The summed E-state index contributed by atoms with van der Waals surface area (Å²) in [5.74, 6) is 0.00759. The highest BCUT2D eigenvalue weighted by molar-refractivity contribution is 7.89. The predicted octanol–water partition coefficient (Wildman–Crippen LogP) is 2.43. The fourth-order valence-corrected chi connectivity index (χ4v) is 4.09. The van der Waals surface area contributed by atoms with Crippen molar-refractivity contribution in [3.63, 3.8) is 0 Å². The Morgan fingerprint density at radius 2 is 2.00 bits per heavy atom. The molecule has 0 aliphatic heterocycles. The van der Waals surface area contributed by atoms with Gasteiger partial charge in [-0.05, 0) is 30.7 Å². The van der Waals surface area contributed by atoms with Gasteiger partial charge in [-0.1, -0.05) is 0 Å². The minimum Gasteiger partial charge on any atom is -0.406 e. The van der Waals surface area contributed by atoms with E-state index in [1.54, 1.807) is 23.3 Å². The van der Waals surface area contributed by atoms with Gasteiger partial charge in [-0.3, -0.25) is 4.57 Å². The van der Waals surface area contributed by atoms with Crippen LogP contribution >= 0.6 is 11.5 Å². The van der Waals surface area contributed by atoms with E-state index in [-0.39, 0.29) is 11.4 Å². The second-order valence-electron chi connectivity index (χ2n) is 6.04. The van der Waals surface area contributed by atoms with Gasteiger partial charge in [-0.15, -0.1) is 13.2 Å². The molecule has 0 saturated carbocycles. The molecule has 3 rings (SSSR count). The van der Waals surface area contributed by atoms with E-state index in [0.29, 0.717) is 24.0 Å². The molecule has 9 nitrogen and oxygen atoms in total. The van der Waals surface area contributed by atoms with Gasteiger partial charge < -0.3 is 9.64 Å². The average Bonchev–Trinajstić information content (AvgIpc) is 3.35. The molecule has 0 saturated heterocycles. The molecule has 1 N–H and O–H groups in total. The van der Waals surface area contributed by atoms with Crippen molar-refractivity contribution in [1.82, 2.24) is 23.6 Å². The highest BCUT2D eigenvalue weighted by atomic mass is 32.2. The first kappa shape index (κ1) is 22.0. The van der Waals surface area contributed by atoms with Crippen LogP contribution in [-0.4, -0.2) is 53.8 Å². The molecular formula is C16H17F3N6O3S2. The fraction of sp³-hybridized carbons (Fsp3) is 0.312. The number of anilines is 1. The standard InChI is InChI=1S/C16H17F3N6O3S2/c1-24(15-22-14(23-29-15)25-10-8-20-11-25)9-2-7-21-30(26,27)13-5-3-12(4-6-13)28-16(17,18)19/h3-6,8,10-11,21H,2,7,9H2,1H3. The molecule has 0 fully saturated rings. The molecule has 0 radical (unpaired) electrons. The van der Waals surface area contributed by atoms with Crippen LogP contribution in [-0.2, 0) is 10.0 Å². The van der Waals surface area contributed by atoms with Crippen LogP contribution in [0.15, 0.2) is 47.9 Å². The van der Waals surface area contributed by atoms with Crippen LogP contribution in [0, 0.1) is 0 Å². The number of sulfonamides is 1. The van der Waals surface area contributed by atoms with Crippen molar-refractivity contribution in [2.75, 3.05) is 25.0 Å². The number of alkyl halides is 3. The van der Waals surface area contributed by atoms with E-state index in [2.05, 4.69) is 23.8 Å². The summed E-state index contributed by atoms with van der Waals surface area (Å²) < 4.78 is 73.1. The molecule has 2 aromatic heterocycles. The first-order valence-electron chi connectivity index (χ1n) is 8.53. The van der Waals surface area contributed by atoms with Crippen LogP contribution in [0.25, 0.3) is 5.95 Å². The molecule has 0 atom stereocenters. The number of hydrogen-bond donors (Lipinski definition) is 1. The molecule has 0 bridgehead atoms. The first-order chi connectivity index (χ1) is 14.1. The molecule has 1 aromatic carbocycles. The molecule has 30 heavy (non-hydrogen) atoms. The number of halogens is 3. The zero-order chi connectivity index (χ0) is 21.8. The summed E-state index contributed by atoms with van der Waals surface area (Å²) in [4.78, 5) is 10.0. The maximum atomic E-state index is 12.3. The third-order valence-electron chi connectivity index (χ3n) is 3.80. The number of ether oxygens (including phenoxy) is 1. The second-order valence-corrected chi connectivity index (χ2v) is 8.54. The lowest BCUT2D eigenvalue weighted by molar-refractivity contribution is -0.274. The monoisotopic (exact) mass is 462 g/mol. The van der Waals surface area contributed by atoms with E-state index in [9.17, 15) is 21.6 Å². The van der Waals surface area contributed by atoms with Crippen molar-refractivity contribution in [3.8, 4) is 11.7 Å². The third kappa shape index (κ3) is 5.90. The number of imidazole rings is 1. The number of hydrogen-bond acceptors (Lipinski definition) is 8.